The van der Waals surface area contributed by atoms with Crippen molar-refractivity contribution >= 4 is 50.3 Å². The molecule has 2 nitrogen and oxygen atoms in total. The first kappa shape index (κ1) is 11.6. The van der Waals surface area contributed by atoms with E-state index in [0.29, 0.717) is 21.2 Å². The van der Waals surface area contributed by atoms with Crippen LogP contribution in [-0.4, -0.2) is 5.78 Å². The van der Waals surface area contributed by atoms with Crippen LogP contribution in [0.5, 0.6) is 0 Å². The normalized spacial score (nSPS) is 10.4. The van der Waals surface area contributed by atoms with Crippen LogP contribution in [0.3, 0.4) is 0 Å². The highest BCUT2D eigenvalue weighted by atomic mass is 79.9. The number of anilines is 1. The predicted molar refractivity (Wildman–Crippen MR) is 71.3 cm³/mol. The zero-order valence-electron chi connectivity index (χ0n) is 8.04. The molecule has 2 rings (SSSR count). The monoisotopic (exact) mass is 315 g/mol. The highest BCUT2D eigenvalue weighted by Gasteiger charge is 2.16. The molecule has 0 radical (unpaired) electrons. The molecule has 16 heavy (non-hydrogen) atoms. The molecule has 0 atom stereocenters. The van der Waals surface area contributed by atoms with Crippen molar-refractivity contribution in [2.45, 2.75) is 0 Å². The van der Waals surface area contributed by atoms with Gasteiger partial charge in [0.15, 0.2) is 0 Å². The van der Waals surface area contributed by atoms with E-state index >= 15 is 0 Å². The summed E-state index contributed by atoms with van der Waals surface area (Å²) >= 11 is 10.5. The lowest BCUT2D eigenvalue weighted by molar-refractivity contribution is 0.104. The fourth-order valence-electron chi connectivity index (χ4n) is 1.32. The molecule has 0 aliphatic carbocycles. The van der Waals surface area contributed by atoms with Crippen LogP contribution in [0.1, 0.15) is 15.2 Å². The summed E-state index contributed by atoms with van der Waals surface area (Å²) in [6.45, 7) is 0. The number of rotatable bonds is 2. The Balaban J connectivity index is 2.46. The third kappa shape index (κ3) is 2.14. The first-order chi connectivity index (χ1) is 7.59. The molecule has 0 amide bonds. The summed E-state index contributed by atoms with van der Waals surface area (Å²) in [5, 5.41) is 2.25. The van der Waals surface area contributed by atoms with Gasteiger partial charge < -0.3 is 5.73 Å². The van der Waals surface area contributed by atoms with E-state index in [1.54, 1.807) is 29.6 Å². The van der Waals surface area contributed by atoms with Gasteiger partial charge in [0.05, 0.1) is 9.90 Å². The van der Waals surface area contributed by atoms with E-state index in [4.69, 9.17) is 17.3 Å². The summed E-state index contributed by atoms with van der Waals surface area (Å²) in [6, 6.07) is 6.88. The molecule has 0 unspecified atom stereocenters. The molecule has 0 aliphatic heterocycles. The predicted octanol–water partition coefficient (Wildman–Crippen LogP) is 3.98. The summed E-state index contributed by atoms with van der Waals surface area (Å²) in [7, 11) is 0. The van der Waals surface area contributed by atoms with Gasteiger partial charge in [-0.25, -0.2) is 0 Å². The minimum absolute atomic E-state index is 0.134. The fraction of sp³-hybridized carbons (Fsp3) is 0. The quantitative estimate of drug-likeness (QED) is 0.673. The number of nitrogen functional groups attached to an aromatic ring is 1. The number of carbonyl (C=O) groups excluding carboxylic acids is 1. The Bertz CT molecular complexity index is 553. The molecular formula is C11H7BrClNOS. The minimum Gasteiger partial charge on any atom is -0.398 e. The molecule has 0 aliphatic rings. The number of ketones is 1. The highest BCUT2D eigenvalue weighted by Crippen LogP contribution is 2.28. The first-order valence-electron chi connectivity index (χ1n) is 4.42. The molecule has 82 valence electrons. The number of thiophene rings is 1. The number of hydrogen-bond acceptors (Lipinski definition) is 3. The van der Waals surface area contributed by atoms with E-state index in [2.05, 4.69) is 15.9 Å². The van der Waals surface area contributed by atoms with Crippen molar-refractivity contribution in [1.82, 2.24) is 0 Å². The van der Waals surface area contributed by atoms with Gasteiger partial charge in [0.2, 0.25) is 5.78 Å². The lowest BCUT2D eigenvalue weighted by Crippen LogP contribution is -2.03. The van der Waals surface area contributed by atoms with Gasteiger partial charge in [0.1, 0.15) is 0 Å². The molecule has 0 fully saturated rings. The maximum absolute atomic E-state index is 12.1. The van der Waals surface area contributed by atoms with E-state index in [1.165, 1.54) is 11.3 Å². The zero-order chi connectivity index (χ0) is 11.7. The second-order valence-electron chi connectivity index (χ2n) is 3.16. The molecule has 0 bridgehead atoms. The smallest absolute Gasteiger partial charge is 0.206 e. The Morgan fingerprint density at radius 1 is 1.38 bits per heavy atom. The topological polar surface area (TPSA) is 43.1 Å². The molecule has 2 N–H and O–H groups in total. The lowest BCUT2D eigenvalue weighted by atomic mass is 10.1. The van der Waals surface area contributed by atoms with E-state index in [1.807, 2.05) is 0 Å². The van der Waals surface area contributed by atoms with E-state index in [-0.39, 0.29) is 5.78 Å². The molecule has 0 spiro atoms. The van der Waals surface area contributed by atoms with Crippen LogP contribution in [0.15, 0.2) is 34.1 Å². The zero-order valence-corrected chi connectivity index (χ0v) is 11.2. The molecular weight excluding hydrogens is 310 g/mol. The lowest BCUT2D eigenvalue weighted by Gasteiger charge is -2.04. The van der Waals surface area contributed by atoms with Gasteiger partial charge >= 0.3 is 0 Å². The number of hydrogen-bond donors (Lipinski definition) is 1. The maximum atomic E-state index is 12.1. The Labute approximate surface area is 110 Å². The van der Waals surface area contributed by atoms with Gasteiger partial charge in [0, 0.05) is 15.7 Å². The third-order valence-electron chi connectivity index (χ3n) is 2.08. The van der Waals surface area contributed by atoms with Gasteiger partial charge in [0.25, 0.3) is 0 Å². The van der Waals surface area contributed by atoms with Crippen molar-refractivity contribution in [3.63, 3.8) is 0 Å². The summed E-state index contributed by atoms with van der Waals surface area (Å²) in [6.07, 6.45) is 0. The van der Waals surface area contributed by atoms with Crippen LogP contribution >= 0.6 is 38.9 Å². The van der Waals surface area contributed by atoms with E-state index in [0.717, 1.165) is 4.47 Å². The largest absolute Gasteiger partial charge is 0.398 e. The first-order valence-corrected chi connectivity index (χ1v) is 6.47. The van der Waals surface area contributed by atoms with Gasteiger partial charge in [-0.1, -0.05) is 27.5 Å². The van der Waals surface area contributed by atoms with E-state index in [9.17, 15) is 4.79 Å². The highest BCUT2D eigenvalue weighted by molar-refractivity contribution is 9.10. The van der Waals surface area contributed by atoms with Crippen molar-refractivity contribution < 1.29 is 4.79 Å². The maximum Gasteiger partial charge on any atom is 0.206 e. The molecule has 2 aromatic rings. The van der Waals surface area contributed by atoms with Crippen molar-refractivity contribution in [1.29, 1.82) is 0 Å². The average molecular weight is 317 g/mol. The van der Waals surface area contributed by atoms with Crippen LogP contribution in [0.2, 0.25) is 5.02 Å². The molecule has 1 aromatic heterocycles. The summed E-state index contributed by atoms with van der Waals surface area (Å²) < 4.78 is 0.846. The molecule has 0 saturated heterocycles. The summed E-state index contributed by atoms with van der Waals surface area (Å²) in [5.41, 5.74) is 6.72. The van der Waals surface area contributed by atoms with Crippen LogP contribution < -0.4 is 5.73 Å². The Morgan fingerprint density at radius 2 is 2.12 bits per heavy atom. The second-order valence-corrected chi connectivity index (χ2v) is 5.40. The number of benzene rings is 1. The SMILES string of the molecule is Nc1cc(Br)ccc1C(=O)c1sccc1Cl. The molecule has 0 saturated carbocycles. The minimum atomic E-state index is -0.134. The van der Waals surface area contributed by atoms with Crippen LogP contribution in [0, 0.1) is 0 Å². The Morgan fingerprint density at radius 3 is 2.69 bits per heavy atom. The fourth-order valence-corrected chi connectivity index (χ4v) is 2.79. The average Bonchev–Trinajstić information content (AvgIpc) is 2.63. The summed E-state index contributed by atoms with van der Waals surface area (Å²) in [5.74, 6) is -0.134. The van der Waals surface area contributed by atoms with Gasteiger partial charge in [-0.3, -0.25) is 4.79 Å². The molecule has 1 aromatic carbocycles. The second kappa shape index (κ2) is 4.57. The van der Waals surface area contributed by atoms with Gasteiger partial charge in [-0.15, -0.1) is 11.3 Å². The van der Waals surface area contributed by atoms with Crippen LogP contribution in [-0.2, 0) is 0 Å². The number of halogens is 2. The van der Waals surface area contributed by atoms with Crippen molar-refractivity contribution in [3.05, 3.63) is 49.6 Å². The van der Waals surface area contributed by atoms with Crippen molar-refractivity contribution in [2.75, 3.05) is 5.73 Å². The molecule has 1 heterocycles. The molecule has 5 heteroatoms. The van der Waals surface area contributed by atoms with Crippen molar-refractivity contribution in [2.24, 2.45) is 0 Å². The van der Waals surface area contributed by atoms with E-state index < -0.39 is 0 Å². The van der Waals surface area contributed by atoms with Crippen LogP contribution in [0.25, 0.3) is 0 Å². The van der Waals surface area contributed by atoms with Crippen molar-refractivity contribution in [3.8, 4) is 0 Å². The number of nitrogens with two attached hydrogens (primary N) is 1. The Kier molecular flexibility index (Phi) is 3.33. The van der Waals surface area contributed by atoms with Gasteiger partial charge in [-0.05, 0) is 29.6 Å². The number of carbonyl (C=O) groups is 1. The standard InChI is InChI=1S/C11H7BrClNOS/c12-6-1-2-7(9(14)5-6)10(15)11-8(13)3-4-16-11/h1-5H,14H2. The summed E-state index contributed by atoms with van der Waals surface area (Å²) in [4.78, 5) is 12.6. The third-order valence-corrected chi connectivity index (χ3v) is 3.92. The Hall–Kier alpha value is -0.840. The van der Waals surface area contributed by atoms with Gasteiger partial charge in [-0.2, -0.15) is 0 Å². The van der Waals surface area contributed by atoms with Crippen LogP contribution in [0.4, 0.5) is 5.69 Å².